The molecule has 0 bridgehead atoms. The van der Waals surface area contributed by atoms with Crippen molar-refractivity contribution in [2.45, 2.75) is 19.4 Å². The largest absolute Gasteiger partial charge is 0.497 e. The van der Waals surface area contributed by atoms with Crippen molar-refractivity contribution in [3.8, 4) is 17.0 Å². The number of benzene rings is 1. The van der Waals surface area contributed by atoms with Crippen LogP contribution in [0, 0.1) is 0 Å². The van der Waals surface area contributed by atoms with E-state index >= 15 is 0 Å². The van der Waals surface area contributed by atoms with Crippen molar-refractivity contribution in [2.24, 2.45) is 0 Å². The first-order chi connectivity index (χ1) is 8.83. The van der Waals surface area contributed by atoms with Crippen molar-refractivity contribution in [2.75, 3.05) is 13.7 Å². The zero-order valence-electron chi connectivity index (χ0n) is 10.5. The highest BCUT2D eigenvalue weighted by Crippen LogP contribution is 2.20. The first kappa shape index (κ1) is 12.6. The minimum Gasteiger partial charge on any atom is -0.497 e. The standard InChI is InChI=1S/C14H17N3O/c1-18-13-6-4-12(5-7-13)14-10-17(11-16-14)9-3-2-8-15/h4-7,10-11H,2-3,8-9H2,1H3. The van der Waals surface area contributed by atoms with Crippen molar-refractivity contribution in [1.29, 1.82) is 0 Å². The maximum atomic E-state index is 8.74. The molecule has 4 heteroatoms. The van der Waals surface area contributed by atoms with E-state index < -0.39 is 0 Å². The zero-order valence-corrected chi connectivity index (χ0v) is 10.5. The summed E-state index contributed by atoms with van der Waals surface area (Å²) in [5, 5.41) is 0. The second-order valence-electron chi connectivity index (χ2n) is 4.16. The van der Waals surface area contributed by atoms with Crippen LogP contribution in [0.5, 0.6) is 5.75 Å². The Labute approximate surface area is 107 Å². The molecule has 0 atom stereocenters. The van der Waals surface area contributed by atoms with Gasteiger partial charge in [0.05, 0.1) is 19.1 Å². The molecule has 2 rings (SSSR count). The van der Waals surface area contributed by atoms with Crippen LogP contribution < -0.4 is 10.5 Å². The van der Waals surface area contributed by atoms with E-state index in [1.807, 2.05) is 36.8 Å². The van der Waals surface area contributed by atoms with Crippen molar-refractivity contribution in [3.05, 3.63) is 36.8 Å². The first-order valence-corrected chi connectivity index (χ1v) is 6.10. The minimum atomic E-state index is 0.250. The van der Waals surface area contributed by atoms with E-state index in [4.69, 9.17) is 10.5 Å². The Hall–Kier alpha value is -1.81. The van der Waals surface area contributed by atoms with Crippen LogP contribution in [-0.2, 0) is 6.54 Å². The quantitative estimate of drug-likeness (QED) is 0.731. The van der Waals surface area contributed by atoms with E-state index in [1.54, 1.807) is 7.11 Å². The molecule has 4 nitrogen and oxygen atoms in total. The third-order valence-corrected chi connectivity index (χ3v) is 2.84. The Kier molecular flexibility index (Phi) is 4.36. The number of imidazole rings is 1. The Morgan fingerprint density at radius 3 is 2.67 bits per heavy atom. The van der Waals surface area contributed by atoms with Crippen LogP contribution in [0.25, 0.3) is 11.3 Å². The van der Waals surface area contributed by atoms with Crippen LogP contribution in [0.3, 0.4) is 0 Å². The average molecular weight is 243 g/mol. The normalized spacial score (nSPS) is 10.6. The number of aromatic nitrogens is 2. The molecule has 1 aromatic carbocycles. The number of hydrogen-bond acceptors (Lipinski definition) is 2. The number of nitrogens with zero attached hydrogens (tertiary/aromatic N) is 3. The zero-order chi connectivity index (χ0) is 12.8. The Balaban J connectivity index is 2.04. The van der Waals surface area contributed by atoms with Crippen LogP contribution in [0.2, 0.25) is 0 Å². The summed E-state index contributed by atoms with van der Waals surface area (Å²) in [6, 6.07) is 7.86. The van der Waals surface area contributed by atoms with Gasteiger partial charge in [0.25, 0.3) is 0 Å². The molecule has 0 aliphatic heterocycles. The van der Waals surface area contributed by atoms with Crippen LogP contribution in [-0.4, -0.2) is 23.2 Å². The van der Waals surface area contributed by atoms with Gasteiger partial charge >= 0.3 is 0 Å². The summed E-state index contributed by atoms with van der Waals surface area (Å²) >= 11 is 0. The van der Waals surface area contributed by atoms with E-state index in [-0.39, 0.29) is 6.54 Å². The molecule has 0 fully saturated rings. The summed E-state index contributed by atoms with van der Waals surface area (Å²) < 4.78 is 7.18. The van der Waals surface area contributed by atoms with Gasteiger partial charge in [-0.2, -0.15) is 0 Å². The number of hydrogen-bond donors (Lipinski definition) is 0. The molecule has 94 valence electrons. The van der Waals surface area contributed by atoms with Crippen molar-refractivity contribution in [1.82, 2.24) is 15.3 Å². The van der Waals surface area contributed by atoms with Gasteiger partial charge in [0.15, 0.2) is 0 Å². The molecule has 18 heavy (non-hydrogen) atoms. The van der Waals surface area contributed by atoms with E-state index in [1.165, 1.54) is 0 Å². The van der Waals surface area contributed by atoms with Crippen LogP contribution in [0.15, 0.2) is 36.8 Å². The number of rotatable bonds is 6. The molecular weight excluding hydrogens is 226 g/mol. The lowest BCUT2D eigenvalue weighted by Gasteiger charge is -2.01. The van der Waals surface area contributed by atoms with Gasteiger partial charge < -0.3 is 9.30 Å². The number of methoxy groups -OCH3 is 1. The summed E-state index contributed by atoms with van der Waals surface area (Å²) in [4.78, 5) is 4.38. The van der Waals surface area contributed by atoms with Crippen LogP contribution in [0.1, 0.15) is 12.8 Å². The number of ether oxygens (including phenoxy) is 1. The molecule has 2 aromatic rings. The first-order valence-electron chi connectivity index (χ1n) is 6.10. The maximum absolute atomic E-state index is 8.74. The van der Waals surface area contributed by atoms with Gasteiger partial charge in [-0.05, 0) is 37.1 Å². The Morgan fingerprint density at radius 1 is 1.22 bits per heavy atom. The van der Waals surface area contributed by atoms with Gasteiger partial charge in [0, 0.05) is 24.8 Å². The van der Waals surface area contributed by atoms with Gasteiger partial charge in [0.2, 0.25) is 0 Å². The SMILES string of the molecule is COc1ccc(-c2cn(CCCC[N])cn2)cc1. The molecule has 0 saturated heterocycles. The topological polar surface area (TPSA) is 49.4 Å². The summed E-state index contributed by atoms with van der Waals surface area (Å²) in [5.74, 6) is 0.848. The average Bonchev–Trinajstić information content (AvgIpc) is 2.88. The Morgan fingerprint density at radius 2 is 2.00 bits per heavy atom. The highest BCUT2D eigenvalue weighted by Gasteiger charge is 2.02. The minimum absolute atomic E-state index is 0.250. The van der Waals surface area contributed by atoms with Crippen molar-refractivity contribution >= 4 is 0 Å². The molecule has 0 amide bonds. The molecule has 0 aliphatic carbocycles. The summed E-state index contributed by atoms with van der Waals surface area (Å²) in [6.07, 6.45) is 5.65. The monoisotopic (exact) mass is 243 g/mol. The fraction of sp³-hybridized carbons (Fsp3) is 0.357. The molecule has 0 unspecified atom stereocenters. The summed E-state index contributed by atoms with van der Waals surface area (Å²) in [6.45, 7) is 1.14. The molecule has 1 aromatic heterocycles. The molecule has 0 spiro atoms. The Bertz CT molecular complexity index is 476. The highest BCUT2D eigenvalue weighted by molar-refractivity contribution is 5.59. The van der Waals surface area contributed by atoms with Gasteiger partial charge in [-0.15, -0.1) is 5.73 Å². The lowest BCUT2D eigenvalue weighted by Crippen LogP contribution is -1.96. The maximum Gasteiger partial charge on any atom is 0.118 e. The molecular formula is C14H17N3O. The third kappa shape index (κ3) is 3.11. The van der Waals surface area contributed by atoms with Crippen molar-refractivity contribution in [3.63, 3.8) is 0 Å². The number of aryl methyl sites for hydroxylation is 1. The van der Waals surface area contributed by atoms with Gasteiger partial charge in [-0.3, -0.25) is 0 Å². The van der Waals surface area contributed by atoms with Crippen molar-refractivity contribution < 1.29 is 4.74 Å². The fourth-order valence-electron chi connectivity index (χ4n) is 1.80. The van der Waals surface area contributed by atoms with Gasteiger partial charge in [0.1, 0.15) is 5.75 Å². The van der Waals surface area contributed by atoms with Crippen LogP contribution in [0.4, 0.5) is 0 Å². The van der Waals surface area contributed by atoms with Crippen LogP contribution >= 0.6 is 0 Å². The predicted molar refractivity (Wildman–Crippen MR) is 70.5 cm³/mol. The molecule has 0 aliphatic rings. The lowest BCUT2D eigenvalue weighted by molar-refractivity contribution is 0.415. The predicted octanol–water partition coefficient (Wildman–Crippen LogP) is 2.41. The van der Waals surface area contributed by atoms with Gasteiger partial charge in [-0.1, -0.05) is 0 Å². The molecule has 1 heterocycles. The summed E-state index contributed by atoms with van der Waals surface area (Å²) in [7, 11) is 1.66. The lowest BCUT2D eigenvalue weighted by atomic mass is 10.2. The second kappa shape index (κ2) is 6.21. The molecule has 0 N–H and O–H groups in total. The smallest absolute Gasteiger partial charge is 0.118 e. The van der Waals surface area contributed by atoms with E-state index in [9.17, 15) is 0 Å². The highest BCUT2D eigenvalue weighted by atomic mass is 16.5. The summed E-state index contributed by atoms with van der Waals surface area (Å²) in [5.41, 5.74) is 10.8. The number of unbranched alkanes of at least 4 members (excludes halogenated alkanes) is 1. The molecule has 2 radical (unpaired) electrons. The molecule has 0 saturated carbocycles. The fourth-order valence-corrected chi connectivity index (χ4v) is 1.80. The van der Waals surface area contributed by atoms with E-state index in [0.29, 0.717) is 0 Å². The van der Waals surface area contributed by atoms with E-state index in [0.717, 1.165) is 36.4 Å². The van der Waals surface area contributed by atoms with E-state index in [2.05, 4.69) is 9.55 Å². The van der Waals surface area contributed by atoms with Gasteiger partial charge in [-0.25, -0.2) is 4.98 Å². The second-order valence-corrected chi connectivity index (χ2v) is 4.16. The third-order valence-electron chi connectivity index (χ3n) is 2.84.